The van der Waals surface area contributed by atoms with E-state index in [-0.39, 0.29) is 17.5 Å². The molecule has 0 radical (unpaired) electrons. The number of hydrogen-bond acceptors (Lipinski definition) is 7. The van der Waals surface area contributed by atoms with Gasteiger partial charge in [-0.05, 0) is 24.6 Å². The lowest BCUT2D eigenvalue weighted by atomic mass is 10.1. The molecule has 10 heteroatoms. The van der Waals surface area contributed by atoms with Crippen LogP contribution < -0.4 is 4.72 Å². The number of carbonyl (C=O) groups excluding carboxylic acids is 2. The maximum absolute atomic E-state index is 12.7. The zero-order valence-corrected chi connectivity index (χ0v) is 15.5. The molecule has 1 rings (SSSR count). The van der Waals surface area contributed by atoms with Crippen LogP contribution in [0, 0.1) is 0 Å². The summed E-state index contributed by atoms with van der Waals surface area (Å²) in [5.74, 6) is -3.09. The highest BCUT2D eigenvalue weighted by molar-refractivity contribution is 7.89. The smallest absolute Gasteiger partial charge is 0.339 e. The van der Waals surface area contributed by atoms with Crippen LogP contribution in [0.15, 0.2) is 23.1 Å². The van der Waals surface area contributed by atoms with E-state index in [0.29, 0.717) is 12.8 Å². The molecule has 0 saturated heterocycles. The summed E-state index contributed by atoms with van der Waals surface area (Å²) < 4.78 is 36.5. The topological polar surface area (TPSA) is 136 Å². The van der Waals surface area contributed by atoms with Crippen molar-refractivity contribution in [2.24, 2.45) is 0 Å². The molecule has 0 aliphatic rings. The number of unbranched alkanes of at least 4 members (excludes halogenated alkanes) is 1. The van der Waals surface area contributed by atoms with E-state index >= 15 is 0 Å². The monoisotopic (exact) mass is 387 g/mol. The molecule has 1 aromatic rings. The summed E-state index contributed by atoms with van der Waals surface area (Å²) in [6.07, 6.45) is 1.25. The minimum Gasteiger partial charge on any atom is -0.480 e. The van der Waals surface area contributed by atoms with Crippen LogP contribution in [0.3, 0.4) is 0 Å². The number of carboxylic acids is 1. The van der Waals surface area contributed by atoms with Gasteiger partial charge in [-0.15, -0.1) is 0 Å². The molecule has 1 atom stereocenters. The summed E-state index contributed by atoms with van der Waals surface area (Å²) in [7, 11) is -2.23. The second-order valence-electron chi connectivity index (χ2n) is 5.35. The third-order valence-corrected chi connectivity index (χ3v) is 5.05. The van der Waals surface area contributed by atoms with Gasteiger partial charge < -0.3 is 14.6 Å². The number of ether oxygens (including phenoxy) is 2. The van der Waals surface area contributed by atoms with Crippen molar-refractivity contribution in [3.05, 3.63) is 29.3 Å². The van der Waals surface area contributed by atoms with Gasteiger partial charge in [-0.2, -0.15) is 4.72 Å². The Morgan fingerprint density at radius 1 is 1.15 bits per heavy atom. The Kier molecular flexibility index (Phi) is 7.72. The zero-order valence-electron chi connectivity index (χ0n) is 14.6. The van der Waals surface area contributed by atoms with E-state index in [1.807, 2.05) is 6.92 Å². The average molecular weight is 387 g/mol. The normalized spacial score (nSPS) is 12.3. The summed E-state index contributed by atoms with van der Waals surface area (Å²) in [6.45, 7) is 1.84. The first kappa shape index (κ1) is 21.6. The molecule has 0 spiro atoms. The molecular formula is C16H21NO8S. The molecule has 0 bridgehead atoms. The molecule has 1 unspecified atom stereocenters. The van der Waals surface area contributed by atoms with Crippen LogP contribution in [-0.4, -0.2) is 51.7 Å². The number of nitrogens with one attached hydrogen (secondary N) is 1. The van der Waals surface area contributed by atoms with Gasteiger partial charge in [0.15, 0.2) is 0 Å². The van der Waals surface area contributed by atoms with Crippen molar-refractivity contribution in [1.82, 2.24) is 4.72 Å². The molecule has 0 aliphatic carbocycles. The van der Waals surface area contributed by atoms with Crippen LogP contribution in [0.2, 0.25) is 0 Å². The van der Waals surface area contributed by atoms with Crippen LogP contribution in [0.4, 0.5) is 0 Å². The van der Waals surface area contributed by atoms with E-state index in [0.717, 1.165) is 26.4 Å². The molecule has 0 aromatic heterocycles. The Bertz CT molecular complexity index is 787. The summed E-state index contributed by atoms with van der Waals surface area (Å²) in [5.41, 5.74) is -0.437. The molecule has 144 valence electrons. The molecule has 2 N–H and O–H groups in total. The molecule has 0 heterocycles. The molecule has 0 saturated carbocycles. The van der Waals surface area contributed by atoms with Gasteiger partial charge in [0.05, 0.1) is 30.2 Å². The number of carboxylic acid groups (broad SMARTS) is 1. The predicted molar refractivity (Wildman–Crippen MR) is 90.4 cm³/mol. The van der Waals surface area contributed by atoms with Gasteiger partial charge in [0.25, 0.3) is 0 Å². The van der Waals surface area contributed by atoms with Crippen LogP contribution in [-0.2, 0) is 24.3 Å². The second-order valence-corrected chi connectivity index (χ2v) is 7.03. The lowest BCUT2D eigenvalue weighted by molar-refractivity contribution is -0.139. The van der Waals surface area contributed by atoms with Gasteiger partial charge in [-0.25, -0.2) is 18.0 Å². The predicted octanol–water partition coefficient (Wildman–Crippen LogP) is 1.18. The number of hydrogen-bond donors (Lipinski definition) is 2. The van der Waals surface area contributed by atoms with Gasteiger partial charge in [0, 0.05) is 0 Å². The quantitative estimate of drug-likeness (QED) is 0.603. The SMILES string of the molecule is CCCCC(NS(=O)(=O)c1cc(C(=O)OC)ccc1C(=O)OC)C(=O)O. The standard InChI is InChI=1S/C16H21NO8S/c1-4-5-6-12(14(18)19)17-26(22,23)13-9-10(15(20)24-2)7-8-11(13)16(21)25-3/h7-9,12,17H,4-6H2,1-3H3,(H,18,19). The van der Waals surface area contributed by atoms with Crippen molar-refractivity contribution in [3.63, 3.8) is 0 Å². The average Bonchev–Trinajstić information content (AvgIpc) is 2.62. The number of esters is 2. The van der Waals surface area contributed by atoms with Gasteiger partial charge in [-0.1, -0.05) is 19.8 Å². The molecule has 0 fully saturated rings. The van der Waals surface area contributed by atoms with Gasteiger partial charge in [0.2, 0.25) is 10.0 Å². The fourth-order valence-corrected chi connectivity index (χ4v) is 3.60. The molecule has 0 amide bonds. The minimum absolute atomic E-state index is 0.0787. The van der Waals surface area contributed by atoms with Crippen LogP contribution in [0.1, 0.15) is 46.9 Å². The number of methoxy groups -OCH3 is 2. The molecule has 0 aliphatic heterocycles. The number of carbonyl (C=O) groups is 3. The Hall–Kier alpha value is -2.46. The maximum atomic E-state index is 12.7. The van der Waals surface area contributed by atoms with E-state index < -0.39 is 38.9 Å². The molecule has 9 nitrogen and oxygen atoms in total. The summed E-state index contributed by atoms with van der Waals surface area (Å²) in [5, 5.41) is 9.22. The number of benzene rings is 1. The van der Waals surface area contributed by atoms with Crippen LogP contribution in [0.5, 0.6) is 0 Å². The zero-order chi connectivity index (χ0) is 19.9. The Morgan fingerprint density at radius 2 is 1.77 bits per heavy atom. The van der Waals surface area contributed by atoms with Crippen LogP contribution in [0.25, 0.3) is 0 Å². The number of sulfonamides is 1. The second kappa shape index (κ2) is 9.30. The molecular weight excluding hydrogens is 366 g/mol. The van der Waals surface area contributed by atoms with Crippen molar-refractivity contribution >= 4 is 27.9 Å². The van der Waals surface area contributed by atoms with Crippen molar-refractivity contribution < 1.29 is 37.4 Å². The van der Waals surface area contributed by atoms with E-state index in [1.165, 1.54) is 6.07 Å². The summed E-state index contributed by atoms with van der Waals surface area (Å²) in [6, 6.07) is 1.89. The summed E-state index contributed by atoms with van der Waals surface area (Å²) in [4.78, 5) is 34.3. The molecule has 1 aromatic carbocycles. The largest absolute Gasteiger partial charge is 0.480 e. The fourth-order valence-electron chi connectivity index (χ4n) is 2.16. The van der Waals surface area contributed by atoms with Gasteiger partial charge >= 0.3 is 17.9 Å². The fraction of sp³-hybridized carbons (Fsp3) is 0.438. The van der Waals surface area contributed by atoms with Crippen molar-refractivity contribution in [2.75, 3.05) is 14.2 Å². The Labute approximate surface area is 151 Å². The van der Waals surface area contributed by atoms with E-state index in [1.54, 1.807) is 0 Å². The first-order valence-corrected chi connectivity index (χ1v) is 9.22. The highest BCUT2D eigenvalue weighted by Gasteiger charge is 2.29. The van der Waals surface area contributed by atoms with Gasteiger partial charge in [0.1, 0.15) is 6.04 Å². The lowest BCUT2D eigenvalue weighted by Gasteiger charge is -2.16. The van der Waals surface area contributed by atoms with Crippen molar-refractivity contribution in [1.29, 1.82) is 0 Å². The number of aliphatic carboxylic acids is 1. The number of rotatable bonds is 9. The Morgan fingerprint density at radius 3 is 2.27 bits per heavy atom. The van der Waals surface area contributed by atoms with E-state index in [4.69, 9.17) is 0 Å². The molecule has 26 heavy (non-hydrogen) atoms. The first-order chi connectivity index (χ1) is 12.2. The third-order valence-electron chi connectivity index (χ3n) is 3.54. The van der Waals surface area contributed by atoms with Crippen molar-refractivity contribution in [3.8, 4) is 0 Å². The Balaban J connectivity index is 3.40. The lowest BCUT2D eigenvalue weighted by Crippen LogP contribution is -2.41. The maximum Gasteiger partial charge on any atom is 0.339 e. The van der Waals surface area contributed by atoms with Crippen molar-refractivity contribution in [2.45, 2.75) is 37.1 Å². The minimum atomic E-state index is -4.42. The summed E-state index contributed by atoms with van der Waals surface area (Å²) >= 11 is 0. The van der Waals surface area contributed by atoms with E-state index in [9.17, 15) is 27.9 Å². The van der Waals surface area contributed by atoms with Crippen LogP contribution >= 0.6 is 0 Å². The highest BCUT2D eigenvalue weighted by atomic mass is 32.2. The first-order valence-electron chi connectivity index (χ1n) is 7.73. The van der Waals surface area contributed by atoms with E-state index in [2.05, 4.69) is 14.2 Å². The third kappa shape index (κ3) is 5.27. The van der Waals surface area contributed by atoms with Gasteiger partial charge in [-0.3, -0.25) is 4.79 Å². The highest BCUT2D eigenvalue weighted by Crippen LogP contribution is 2.20.